The molecule has 0 spiro atoms. The number of nitrogens with zero attached hydrogens (tertiary/aromatic N) is 4. The highest BCUT2D eigenvalue weighted by Crippen LogP contribution is 2.32. The van der Waals surface area contributed by atoms with Crippen molar-refractivity contribution in [1.29, 1.82) is 0 Å². The van der Waals surface area contributed by atoms with Gasteiger partial charge < -0.3 is 19.5 Å². The predicted molar refractivity (Wildman–Crippen MR) is 149 cm³/mol. The van der Waals surface area contributed by atoms with Gasteiger partial charge in [-0.1, -0.05) is 23.8 Å². The fourth-order valence-corrected chi connectivity index (χ4v) is 5.87. The molecule has 2 aromatic carbocycles. The van der Waals surface area contributed by atoms with Gasteiger partial charge in [-0.2, -0.15) is 9.97 Å². The maximum atomic E-state index is 13.5. The summed E-state index contributed by atoms with van der Waals surface area (Å²) >= 11 is 0. The standard InChI is InChI=1S/C28H33N5O5S/c1-5-38-27-23-12-13-33(39(34,35)22-9-6-19(2)7-10-22)26(23)30-28(31-27)29-24-11-8-21(16-25(24)36-4)17-32-14-15-37-18-20(32)3/h6-13,16,20H,5,14-15,17-18H2,1-4H3,(H,29,30,31)/t20-/m0/s1. The van der Waals surface area contributed by atoms with Crippen molar-refractivity contribution in [1.82, 2.24) is 18.8 Å². The third-order valence-corrected chi connectivity index (χ3v) is 8.42. The lowest BCUT2D eigenvalue weighted by atomic mass is 10.1. The molecule has 0 saturated carbocycles. The van der Waals surface area contributed by atoms with Crippen LogP contribution < -0.4 is 14.8 Å². The summed E-state index contributed by atoms with van der Waals surface area (Å²) in [4.78, 5) is 11.7. The van der Waals surface area contributed by atoms with Crippen LogP contribution in [0.25, 0.3) is 11.0 Å². The van der Waals surface area contributed by atoms with Crippen LogP contribution in [-0.2, 0) is 21.3 Å². The second kappa shape index (κ2) is 11.2. The Morgan fingerprint density at radius 2 is 1.92 bits per heavy atom. The van der Waals surface area contributed by atoms with Crippen LogP contribution in [0.1, 0.15) is 25.0 Å². The van der Waals surface area contributed by atoms with Crippen molar-refractivity contribution in [3.8, 4) is 11.6 Å². The van der Waals surface area contributed by atoms with Crippen LogP contribution in [0.2, 0.25) is 0 Å². The molecule has 1 saturated heterocycles. The van der Waals surface area contributed by atoms with E-state index in [0.717, 1.165) is 41.4 Å². The number of fused-ring (bicyclic) bond motifs is 1. The molecule has 5 rings (SSSR count). The SMILES string of the molecule is CCOc1nc(Nc2ccc(CN3CCOC[C@@H]3C)cc2OC)nc2c1ccn2S(=O)(=O)c1ccc(C)cc1. The summed E-state index contributed by atoms with van der Waals surface area (Å²) in [5.74, 6) is 1.11. The zero-order chi connectivity index (χ0) is 27.6. The van der Waals surface area contributed by atoms with Gasteiger partial charge in [0.05, 0.1) is 42.9 Å². The Kier molecular flexibility index (Phi) is 7.74. The molecule has 0 unspecified atom stereocenters. The van der Waals surface area contributed by atoms with Crippen molar-refractivity contribution in [2.75, 3.05) is 38.8 Å². The van der Waals surface area contributed by atoms with E-state index in [9.17, 15) is 8.42 Å². The Morgan fingerprint density at radius 3 is 2.64 bits per heavy atom. The van der Waals surface area contributed by atoms with E-state index in [1.165, 1.54) is 6.20 Å². The number of morpholine rings is 1. The van der Waals surface area contributed by atoms with E-state index in [0.29, 0.717) is 35.4 Å². The van der Waals surface area contributed by atoms with Gasteiger partial charge in [0.1, 0.15) is 5.75 Å². The van der Waals surface area contributed by atoms with Crippen LogP contribution in [0.5, 0.6) is 11.6 Å². The van der Waals surface area contributed by atoms with Gasteiger partial charge in [-0.3, -0.25) is 4.90 Å². The summed E-state index contributed by atoms with van der Waals surface area (Å²) < 4.78 is 45.1. The molecular formula is C28H33N5O5S. The summed E-state index contributed by atoms with van der Waals surface area (Å²) in [6.45, 7) is 9.38. The maximum Gasteiger partial charge on any atom is 0.269 e. The van der Waals surface area contributed by atoms with Crippen molar-refractivity contribution in [3.63, 3.8) is 0 Å². The van der Waals surface area contributed by atoms with Gasteiger partial charge in [0.25, 0.3) is 10.0 Å². The summed E-state index contributed by atoms with van der Waals surface area (Å²) in [6.07, 6.45) is 1.48. The van der Waals surface area contributed by atoms with Crippen LogP contribution in [-0.4, -0.2) is 66.8 Å². The molecular weight excluding hydrogens is 518 g/mol. The second-order valence-electron chi connectivity index (χ2n) is 9.51. The monoisotopic (exact) mass is 551 g/mol. The maximum absolute atomic E-state index is 13.5. The largest absolute Gasteiger partial charge is 0.495 e. The smallest absolute Gasteiger partial charge is 0.269 e. The van der Waals surface area contributed by atoms with Crippen molar-refractivity contribution in [2.24, 2.45) is 0 Å². The molecule has 11 heteroatoms. The van der Waals surface area contributed by atoms with Gasteiger partial charge in [-0.15, -0.1) is 0 Å². The molecule has 0 amide bonds. The minimum atomic E-state index is -3.89. The highest BCUT2D eigenvalue weighted by atomic mass is 32.2. The lowest BCUT2D eigenvalue weighted by molar-refractivity contribution is -0.00438. The molecule has 10 nitrogen and oxygen atoms in total. The molecule has 1 fully saturated rings. The molecule has 1 atom stereocenters. The fraction of sp³-hybridized carbons (Fsp3) is 0.357. The molecule has 1 aliphatic rings. The summed E-state index contributed by atoms with van der Waals surface area (Å²) in [5, 5.41) is 3.70. The zero-order valence-corrected chi connectivity index (χ0v) is 23.4. The van der Waals surface area contributed by atoms with Crippen molar-refractivity contribution in [3.05, 3.63) is 65.9 Å². The predicted octanol–water partition coefficient (Wildman–Crippen LogP) is 4.35. The number of hydrogen-bond donors (Lipinski definition) is 1. The lowest BCUT2D eigenvalue weighted by Gasteiger charge is -2.33. The fourth-order valence-electron chi connectivity index (χ4n) is 4.57. The zero-order valence-electron chi connectivity index (χ0n) is 22.5. The van der Waals surface area contributed by atoms with Gasteiger partial charge in [0.15, 0.2) is 5.65 Å². The van der Waals surface area contributed by atoms with Gasteiger partial charge >= 0.3 is 0 Å². The number of aromatic nitrogens is 3. The van der Waals surface area contributed by atoms with Crippen LogP contribution in [0.15, 0.2) is 59.6 Å². The average Bonchev–Trinajstić information content (AvgIpc) is 3.36. The van der Waals surface area contributed by atoms with Crippen LogP contribution in [0.3, 0.4) is 0 Å². The Labute approximate surface area is 228 Å². The number of methoxy groups -OCH3 is 1. The van der Waals surface area contributed by atoms with Crippen molar-refractivity contribution < 1.29 is 22.6 Å². The van der Waals surface area contributed by atoms with Gasteiger partial charge in [0, 0.05) is 25.3 Å². The molecule has 0 radical (unpaired) electrons. The third kappa shape index (κ3) is 5.56. The minimum Gasteiger partial charge on any atom is -0.495 e. The number of aryl methyl sites for hydroxylation is 1. The molecule has 4 aromatic rings. The molecule has 1 aliphatic heterocycles. The molecule has 0 aliphatic carbocycles. The van der Waals surface area contributed by atoms with E-state index in [4.69, 9.17) is 14.2 Å². The quantitative estimate of drug-likeness (QED) is 0.325. The summed E-state index contributed by atoms with van der Waals surface area (Å²) in [5.41, 5.74) is 2.94. The molecule has 39 heavy (non-hydrogen) atoms. The summed E-state index contributed by atoms with van der Waals surface area (Å²) in [6, 6.07) is 14.6. The Morgan fingerprint density at radius 1 is 1.13 bits per heavy atom. The Balaban J connectivity index is 1.49. The number of hydrogen-bond acceptors (Lipinski definition) is 9. The number of ether oxygens (including phenoxy) is 3. The molecule has 2 aromatic heterocycles. The van der Waals surface area contributed by atoms with E-state index < -0.39 is 10.0 Å². The van der Waals surface area contributed by atoms with E-state index >= 15 is 0 Å². The van der Waals surface area contributed by atoms with Crippen LogP contribution in [0.4, 0.5) is 11.6 Å². The third-order valence-electron chi connectivity index (χ3n) is 6.74. The van der Waals surface area contributed by atoms with Gasteiger partial charge in [0.2, 0.25) is 11.8 Å². The highest BCUT2D eigenvalue weighted by molar-refractivity contribution is 7.90. The topological polar surface area (TPSA) is 108 Å². The van der Waals surface area contributed by atoms with E-state index in [2.05, 4.69) is 27.1 Å². The average molecular weight is 552 g/mol. The van der Waals surface area contributed by atoms with E-state index in [-0.39, 0.29) is 16.5 Å². The first-order valence-electron chi connectivity index (χ1n) is 12.9. The molecule has 206 valence electrons. The van der Waals surface area contributed by atoms with E-state index in [1.807, 2.05) is 32.0 Å². The number of rotatable bonds is 9. The van der Waals surface area contributed by atoms with Crippen molar-refractivity contribution in [2.45, 2.75) is 38.3 Å². The Bertz CT molecular complexity index is 1570. The Hall–Kier alpha value is -3.67. The first-order valence-corrected chi connectivity index (χ1v) is 14.3. The van der Waals surface area contributed by atoms with Crippen LogP contribution >= 0.6 is 0 Å². The first kappa shape index (κ1) is 26.9. The number of nitrogens with one attached hydrogen (secondary N) is 1. The normalized spacial score (nSPS) is 16.4. The first-order chi connectivity index (χ1) is 18.8. The van der Waals surface area contributed by atoms with Gasteiger partial charge in [-0.25, -0.2) is 12.4 Å². The van der Waals surface area contributed by atoms with Gasteiger partial charge in [-0.05, 0) is 56.7 Å². The minimum absolute atomic E-state index is 0.170. The number of benzene rings is 2. The van der Waals surface area contributed by atoms with E-state index in [1.54, 1.807) is 37.4 Å². The molecule has 3 heterocycles. The second-order valence-corrected chi connectivity index (χ2v) is 11.3. The lowest BCUT2D eigenvalue weighted by Crippen LogP contribution is -2.42. The molecule has 1 N–H and O–H groups in total. The highest BCUT2D eigenvalue weighted by Gasteiger charge is 2.23. The molecule has 0 bridgehead atoms. The van der Waals surface area contributed by atoms with Crippen LogP contribution in [0, 0.1) is 6.92 Å². The number of anilines is 2. The summed E-state index contributed by atoms with van der Waals surface area (Å²) in [7, 11) is -2.28. The van der Waals surface area contributed by atoms with Crippen molar-refractivity contribution >= 4 is 32.7 Å².